The van der Waals surface area contributed by atoms with Crippen LogP contribution in [-0.2, 0) is 4.74 Å². The van der Waals surface area contributed by atoms with Crippen LogP contribution in [0.5, 0.6) is 0 Å². The fourth-order valence-electron chi connectivity index (χ4n) is 3.54. The summed E-state index contributed by atoms with van der Waals surface area (Å²) in [7, 11) is 1.74. The highest BCUT2D eigenvalue weighted by atomic mass is 16.6. The van der Waals surface area contributed by atoms with E-state index in [-0.39, 0.29) is 10.6 Å². The Bertz CT molecular complexity index is 773. The Labute approximate surface area is 153 Å². The lowest BCUT2D eigenvalue weighted by molar-refractivity contribution is -0.383. The van der Waals surface area contributed by atoms with Gasteiger partial charge in [-0.1, -0.05) is 12.1 Å². The Hall–Kier alpha value is -2.25. The molecule has 0 atom stereocenters. The molecule has 7 heteroatoms. The summed E-state index contributed by atoms with van der Waals surface area (Å²) in [5.74, 6) is 0.607. The number of nitrogens with zero attached hydrogens (tertiary/aromatic N) is 3. The van der Waals surface area contributed by atoms with E-state index in [9.17, 15) is 10.1 Å². The first-order valence-corrected chi connectivity index (χ1v) is 9.08. The van der Waals surface area contributed by atoms with E-state index in [0.29, 0.717) is 11.4 Å². The molecule has 2 aromatic rings. The zero-order valence-electron chi connectivity index (χ0n) is 15.4. The molecule has 1 aliphatic rings. The van der Waals surface area contributed by atoms with Crippen LogP contribution in [0.2, 0.25) is 0 Å². The number of anilines is 1. The average Bonchev–Trinajstić information content (AvgIpc) is 2.64. The van der Waals surface area contributed by atoms with Crippen molar-refractivity contribution in [2.24, 2.45) is 5.92 Å². The Balaban J connectivity index is 1.68. The normalized spacial score (nSPS) is 16.1. The summed E-state index contributed by atoms with van der Waals surface area (Å²) in [4.78, 5) is 17.7. The summed E-state index contributed by atoms with van der Waals surface area (Å²) in [6, 6.07) is 7.09. The second kappa shape index (κ2) is 8.42. The molecule has 0 spiro atoms. The average molecular weight is 358 g/mol. The van der Waals surface area contributed by atoms with E-state index < -0.39 is 0 Å². The smallest absolute Gasteiger partial charge is 0.295 e. The van der Waals surface area contributed by atoms with Gasteiger partial charge in [0.25, 0.3) is 5.69 Å². The number of likely N-dealkylation sites (tertiary alicyclic amines) is 1. The number of aryl methyl sites for hydroxylation is 1. The minimum absolute atomic E-state index is 0.0562. The van der Waals surface area contributed by atoms with Crippen LogP contribution < -0.4 is 5.32 Å². The maximum Gasteiger partial charge on any atom is 0.295 e. The molecule has 1 fully saturated rings. The van der Waals surface area contributed by atoms with Crippen molar-refractivity contribution in [3.8, 4) is 0 Å². The van der Waals surface area contributed by atoms with Gasteiger partial charge in [-0.2, -0.15) is 0 Å². The quantitative estimate of drug-likeness (QED) is 0.605. The predicted octanol–water partition coefficient (Wildman–Crippen LogP) is 3.22. The third-order valence-electron chi connectivity index (χ3n) is 5.04. The number of aromatic nitrogens is 1. The number of ether oxygens (including phenoxy) is 1. The molecule has 0 amide bonds. The van der Waals surface area contributed by atoms with E-state index >= 15 is 0 Å². The van der Waals surface area contributed by atoms with Crippen molar-refractivity contribution in [1.29, 1.82) is 0 Å². The maximum atomic E-state index is 11.3. The van der Waals surface area contributed by atoms with Crippen LogP contribution in [0.1, 0.15) is 18.5 Å². The number of rotatable bonds is 7. The summed E-state index contributed by atoms with van der Waals surface area (Å²) in [5, 5.41) is 15.6. The molecular weight excluding hydrogens is 332 g/mol. The number of para-hydroxylation sites is 1. The lowest BCUT2D eigenvalue weighted by Crippen LogP contribution is -2.37. The minimum Gasteiger partial charge on any atom is -0.384 e. The van der Waals surface area contributed by atoms with Gasteiger partial charge in [-0.05, 0) is 44.8 Å². The van der Waals surface area contributed by atoms with Crippen LogP contribution >= 0.6 is 0 Å². The zero-order chi connectivity index (χ0) is 18.5. The van der Waals surface area contributed by atoms with Crippen molar-refractivity contribution in [2.75, 3.05) is 45.2 Å². The number of non-ortho nitro benzene ring substituents is 1. The van der Waals surface area contributed by atoms with Crippen LogP contribution in [0.4, 0.5) is 11.4 Å². The van der Waals surface area contributed by atoms with Gasteiger partial charge in [-0.15, -0.1) is 0 Å². The zero-order valence-corrected chi connectivity index (χ0v) is 15.4. The van der Waals surface area contributed by atoms with E-state index in [0.717, 1.165) is 62.4 Å². The largest absolute Gasteiger partial charge is 0.384 e. The predicted molar refractivity (Wildman–Crippen MR) is 103 cm³/mol. The molecule has 0 aliphatic carbocycles. The summed E-state index contributed by atoms with van der Waals surface area (Å²) >= 11 is 0. The van der Waals surface area contributed by atoms with E-state index in [2.05, 4.69) is 15.2 Å². The molecule has 140 valence electrons. The number of hydrogen-bond acceptors (Lipinski definition) is 6. The Morgan fingerprint density at radius 3 is 2.85 bits per heavy atom. The monoisotopic (exact) mass is 358 g/mol. The number of nitro benzene ring substituents is 1. The van der Waals surface area contributed by atoms with Gasteiger partial charge in [0.1, 0.15) is 0 Å². The molecule has 0 bridgehead atoms. The first-order chi connectivity index (χ1) is 12.6. The number of hydrogen-bond donors (Lipinski definition) is 1. The maximum absolute atomic E-state index is 11.3. The standard InChI is InChI=1S/C19H26N4O3/c1-14-12-17(16-4-3-5-18(23(24)25)19(16)21-14)20-13-15-6-8-22(9-7-15)10-11-26-2/h3-5,12,15H,6-11,13H2,1-2H3,(H,20,21). The summed E-state index contributed by atoms with van der Waals surface area (Å²) in [5.41, 5.74) is 2.22. The first kappa shape index (κ1) is 18.5. The van der Waals surface area contributed by atoms with Crippen molar-refractivity contribution in [3.63, 3.8) is 0 Å². The number of piperidine rings is 1. The Kier molecular flexibility index (Phi) is 6.00. The van der Waals surface area contributed by atoms with Crippen molar-refractivity contribution in [3.05, 3.63) is 40.1 Å². The van der Waals surface area contributed by atoms with Crippen molar-refractivity contribution in [2.45, 2.75) is 19.8 Å². The van der Waals surface area contributed by atoms with E-state index in [4.69, 9.17) is 4.74 Å². The molecule has 26 heavy (non-hydrogen) atoms. The van der Waals surface area contributed by atoms with Gasteiger partial charge in [-0.25, -0.2) is 4.98 Å². The van der Waals surface area contributed by atoms with Gasteiger partial charge in [-0.3, -0.25) is 10.1 Å². The molecule has 3 rings (SSSR count). The molecule has 1 aromatic carbocycles. The first-order valence-electron chi connectivity index (χ1n) is 9.08. The second-order valence-corrected chi connectivity index (χ2v) is 6.90. The fraction of sp³-hybridized carbons (Fsp3) is 0.526. The lowest BCUT2D eigenvalue weighted by atomic mass is 9.96. The van der Waals surface area contributed by atoms with Gasteiger partial charge in [0.05, 0.1) is 11.5 Å². The van der Waals surface area contributed by atoms with Gasteiger partial charge in [0.2, 0.25) is 0 Å². The molecule has 7 nitrogen and oxygen atoms in total. The Morgan fingerprint density at radius 2 is 2.15 bits per heavy atom. The SMILES string of the molecule is COCCN1CCC(CNc2cc(C)nc3c([N+](=O)[O-])cccc23)CC1. The molecule has 2 heterocycles. The molecule has 1 aromatic heterocycles. The van der Waals surface area contributed by atoms with Gasteiger partial charge in [0, 0.05) is 43.0 Å². The highest BCUT2D eigenvalue weighted by Gasteiger charge is 2.20. The highest BCUT2D eigenvalue weighted by Crippen LogP contribution is 2.30. The third kappa shape index (κ3) is 4.28. The number of nitro groups is 1. The second-order valence-electron chi connectivity index (χ2n) is 6.90. The van der Waals surface area contributed by atoms with Gasteiger partial charge >= 0.3 is 0 Å². The minimum atomic E-state index is -0.367. The molecule has 1 aliphatic heterocycles. The van der Waals surface area contributed by atoms with E-state index in [1.54, 1.807) is 13.2 Å². The number of benzene rings is 1. The van der Waals surface area contributed by atoms with Crippen molar-refractivity contribution >= 4 is 22.3 Å². The van der Waals surface area contributed by atoms with Crippen LogP contribution in [-0.4, -0.2) is 54.7 Å². The van der Waals surface area contributed by atoms with Gasteiger partial charge in [0.15, 0.2) is 5.52 Å². The number of nitrogens with one attached hydrogen (secondary N) is 1. The van der Waals surface area contributed by atoms with Crippen molar-refractivity contribution in [1.82, 2.24) is 9.88 Å². The van der Waals surface area contributed by atoms with E-state index in [1.807, 2.05) is 19.1 Å². The molecule has 0 radical (unpaired) electrons. The van der Waals surface area contributed by atoms with Crippen LogP contribution in [0.3, 0.4) is 0 Å². The number of pyridine rings is 1. The third-order valence-corrected chi connectivity index (χ3v) is 5.04. The number of methoxy groups -OCH3 is 1. The lowest BCUT2D eigenvalue weighted by Gasteiger charge is -2.32. The van der Waals surface area contributed by atoms with E-state index in [1.165, 1.54) is 6.07 Å². The molecule has 0 unspecified atom stereocenters. The van der Waals surface area contributed by atoms with Crippen LogP contribution in [0.15, 0.2) is 24.3 Å². The molecule has 0 saturated carbocycles. The van der Waals surface area contributed by atoms with Crippen LogP contribution in [0.25, 0.3) is 10.9 Å². The van der Waals surface area contributed by atoms with Gasteiger partial charge < -0.3 is 15.0 Å². The molecular formula is C19H26N4O3. The summed E-state index contributed by atoms with van der Waals surface area (Å²) < 4.78 is 5.15. The molecule has 1 N–H and O–H groups in total. The van der Waals surface area contributed by atoms with Crippen molar-refractivity contribution < 1.29 is 9.66 Å². The topological polar surface area (TPSA) is 80.5 Å². The Morgan fingerprint density at radius 1 is 1.38 bits per heavy atom. The van der Waals surface area contributed by atoms with Crippen LogP contribution in [0, 0.1) is 23.0 Å². The number of fused-ring (bicyclic) bond motifs is 1. The highest BCUT2D eigenvalue weighted by molar-refractivity contribution is 5.96. The molecule has 1 saturated heterocycles. The summed E-state index contributed by atoms with van der Waals surface area (Å²) in [6.07, 6.45) is 2.30. The summed E-state index contributed by atoms with van der Waals surface area (Å²) in [6.45, 7) is 6.71. The fourth-order valence-corrected chi connectivity index (χ4v) is 3.54.